The molecule has 0 spiro atoms. The molecule has 110 valence electrons. The van der Waals surface area contributed by atoms with Crippen LogP contribution in [-0.4, -0.2) is 24.9 Å². The van der Waals surface area contributed by atoms with Crippen LogP contribution in [0.4, 0.5) is 5.69 Å². The first-order valence-corrected chi connectivity index (χ1v) is 7.16. The minimum Gasteiger partial charge on any atom is -0.356 e. The van der Waals surface area contributed by atoms with Gasteiger partial charge >= 0.3 is 0 Å². The van der Waals surface area contributed by atoms with E-state index in [2.05, 4.69) is 12.2 Å². The van der Waals surface area contributed by atoms with Gasteiger partial charge in [0.25, 0.3) is 0 Å². The molecule has 1 rings (SSSR count). The van der Waals surface area contributed by atoms with Crippen molar-refractivity contribution in [2.24, 2.45) is 0 Å². The second-order valence-corrected chi connectivity index (χ2v) is 4.91. The van der Waals surface area contributed by atoms with Gasteiger partial charge in [0.15, 0.2) is 0 Å². The fraction of sp³-hybridized carbons (Fsp3) is 0.500. The Morgan fingerprint density at radius 1 is 1.25 bits per heavy atom. The number of carbonyl (C=O) groups is 2. The maximum Gasteiger partial charge on any atom is 0.223 e. The van der Waals surface area contributed by atoms with E-state index in [9.17, 15) is 9.59 Å². The van der Waals surface area contributed by atoms with E-state index in [0.29, 0.717) is 19.5 Å². The van der Waals surface area contributed by atoms with Gasteiger partial charge in [-0.05, 0) is 25.0 Å². The van der Waals surface area contributed by atoms with Crippen LogP contribution in [0.1, 0.15) is 38.7 Å². The highest BCUT2D eigenvalue weighted by Gasteiger charge is 2.14. The van der Waals surface area contributed by atoms with Gasteiger partial charge < -0.3 is 10.2 Å². The van der Waals surface area contributed by atoms with Gasteiger partial charge in [0.1, 0.15) is 0 Å². The number of para-hydroxylation sites is 1. The SMILES string of the molecule is CCCCNC(=O)CCN(C(C)=O)c1ccccc1C. The Labute approximate surface area is 121 Å². The summed E-state index contributed by atoms with van der Waals surface area (Å²) in [5.74, 6) is -0.0426. The highest BCUT2D eigenvalue weighted by atomic mass is 16.2. The van der Waals surface area contributed by atoms with Crippen LogP contribution in [0.3, 0.4) is 0 Å². The zero-order valence-electron chi connectivity index (χ0n) is 12.6. The Balaban J connectivity index is 2.59. The molecule has 0 aliphatic heterocycles. The smallest absolute Gasteiger partial charge is 0.223 e. The van der Waals surface area contributed by atoms with Gasteiger partial charge in [-0.15, -0.1) is 0 Å². The number of hydrogen-bond donors (Lipinski definition) is 1. The summed E-state index contributed by atoms with van der Waals surface area (Å²) < 4.78 is 0. The summed E-state index contributed by atoms with van der Waals surface area (Å²) in [5, 5.41) is 2.87. The van der Waals surface area contributed by atoms with Crippen molar-refractivity contribution in [3.05, 3.63) is 29.8 Å². The van der Waals surface area contributed by atoms with Gasteiger partial charge in [-0.2, -0.15) is 0 Å². The lowest BCUT2D eigenvalue weighted by atomic mass is 10.1. The molecule has 0 aliphatic carbocycles. The number of anilines is 1. The van der Waals surface area contributed by atoms with E-state index in [1.54, 1.807) is 4.90 Å². The average Bonchev–Trinajstić information content (AvgIpc) is 2.41. The number of nitrogens with zero attached hydrogens (tertiary/aromatic N) is 1. The first-order chi connectivity index (χ1) is 9.56. The van der Waals surface area contributed by atoms with Crippen molar-refractivity contribution in [2.45, 2.75) is 40.0 Å². The molecule has 0 saturated heterocycles. The summed E-state index contributed by atoms with van der Waals surface area (Å²) in [5.41, 5.74) is 1.91. The van der Waals surface area contributed by atoms with Gasteiger partial charge in [0.2, 0.25) is 11.8 Å². The van der Waals surface area contributed by atoms with Crippen LogP contribution in [0.5, 0.6) is 0 Å². The van der Waals surface area contributed by atoms with E-state index in [4.69, 9.17) is 0 Å². The number of carbonyl (C=O) groups excluding carboxylic acids is 2. The number of hydrogen-bond acceptors (Lipinski definition) is 2. The maximum atomic E-state index is 11.8. The third kappa shape index (κ3) is 5.03. The van der Waals surface area contributed by atoms with Crippen molar-refractivity contribution in [1.29, 1.82) is 0 Å². The maximum absolute atomic E-state index is 11.8. The van der Waals surface area contributed by atoms with E-state index >= 15 is 0 Å². The van der Waals surface area contributed by atoms with Gasteiger partial charge in [0, 0.05) is 32.1 Å². The lowest BCUT2D eigenvalue weighted by Crippen LogP contribution is -2.34. The zero-order valence-corrected chi connectivity index (χ0v) is 12.6. The van der Waals surface area contributed by atoms with Crippen LogP contribution in [0.2, 0.25) is 0 Å². The van der Waals surface area contributed by atoms with Crippen molar-refractivity contribution in [2.75, 3.05) is 18.0 Å². The van der Waals surface area contributed by atoms with E-state index < -0.39 is 0 Å². The normalized spacial score (nSPS) is 10.2. The molecule has 4 nitrogen and oxygen atoms in total. The second-order valence-electron chi connectivity index (χ2n) is 4.91. The monoisotopic (exact) mass is 276 g/mol. The largest absolute Gasteiger partial charge is 0.356 e. The molecule has 0 saturated carbocycles. The quantitative estimate of drug-likeness (QED) is 0.778. The van der Waals surface area contributed by atoms with Gasteiger partial charge in [0.05, 0.1) is 0 Å². The van der Waals surface area contributed by atoms with Crippen LogP contribution in [0, 0.1) is 6.92 Å². The number of amides is 2. The van der Waals surface area contributed by atoms with Crippen molar-refractivity contribution in [1.82, 2.24) is 5.32 Å². The summed E-state index contributed by atoms with van der Waals surface area (Å²) in [6, 6.07) is 7.71. The van der Waals surface area contributed by atoms with Crippen LogP contribution in [-0.2, 0) is 9.59 Å². The zero-order chi connectivity index (χ0) is 15.0. The van der Waals surface area contributed by atoms with Crippen molar-refractivity contribution < 1.29 is 9.59 Å². The molecule has 0 aliphatic rings. The third-order valence-corrected chi connectivity index (χ3v) is 3.20. The summed E-state index contributed by atoms with van der Waals surface area (Å²) in [7, 11) is 0. The minimum atomic E-state index is -0.0411. The topological polar surface area (TPSA) is 49.4 Å². The highest BCUT2D eigenvalue weighted by molar-refractivity contribution is 5.93. The number of nitrogens with one attached hydrogen (secondary N) is 1. The Kier molecular flexibility index (Phi) is 6.77. The van der Waals surface area contributed by atoms with Crippen molar-refractivity contribution in [3.63, 3.8) is 0 Å². The van der Waals surface area contributed by atoms with Crippen LogP contribution < -0.4 is 10.2 Å². The molecule has 0 fully saturated rings. The summed E-state index contributed by atoms with van der Waals surface area (Å²) in [6.07, 6.45) is 2.38. The fourth-order valence-corrected chi connectivity index (χ4v) is 2.02. The van der Waals surface area contributed by atoms with Crippen LogP contribution in [0.15, 0.2) is 24.3 Å². The molecule has 1 N–H and O–H groups in total. The molecular weight excluding hydrogens is 252 g/mol. The number of aryl methyl sites for hydroxylation is 1. The van der Waals surface area contributed by atoms with Crippen molar-refractivity contribution >= 4 is 17.5 Å². The molecule has 1 aromatic rings. The Morgan fingerprint density at radius 3 is 2.55 bits per heavy atom. The molecule has 4 heteroatoms. The van der Waals surface area contributed by atoms with Gasteiger partial charge in [-0.1, -0.05) is 31.5 Å². The Morgan fingerprint density at radius 2 is 1.95 bits per heavy atom. The molecule has 20 heavy (non-hydrogen) atoms. The number of rotatable bonds is 7. The molecule has 0 unspecified atom stereocenters. The average molecular weight is 276 g/mol. The number of benzene rings is 1. The Bertz CT molecular complexity index is 458. The predicted molar refractivity (Wildman–Crippen MR) is 81.7 cm³/mol. The van der Waals surface area contributed by atoms with E-state index in [1.807, 2.05) is 31.2 Å². The van der Waals surface area contributed by atoms with E-state index in [0.717, 1.165) is 24.1 Å². The molecule has 0 heterocycles. The number of unbranched alkanes of at least 4 members (excludes halogenated alkanes) is 1. The van der Waals surface area contributed by atoms with E-state index in [-0.39, 0.29) is 11.8 Å². The summed E-state index contributed by atoms with van der Waals surface area (Å²) >= 11 is 0. The van der Waals surface area contributed by atoms with Crippen LogP contribution >= 0.6 is 0 Å². The molecule has 0 aromatic heterocycles. The lowest BCUT2D eigenvalue weighted by Gasteiger charge is -2.22. The molecule has 0 atom stereocenters. The fourth-order valence-electron chi connectivity index (χ4n) is 2.02. The Hall–Kier alpha value is -1.84. The summed E-state index contributed by atoms with van der Waals surface area (Å²) in [4.78, 5) is 25.1. The third-order valence-electron chi connectivity index (χ3n) is 3.20. The second kappa shape index (κ2) is 8.35. The lowest BCUT2D eigenvalue weighted by molar-refractivity contribution is -0.121. The summed E-state index contributed by atoms with van der Waals surface area (Å²) in [6.45, 7) is 6.70. The molecule has 0 radical (unpaired) electrons. The minimum absolute atomic E-state index is 0.00159. The first kappa shape index (κ1) is 16.2. The highest BCUT2D eigenvalue weighted by Crippen LogP contribution is 2.19. The molecule has 2 amide bonds. The van der Waals surface area contributed by atoms with Gasteiger partial charge in [-0.3, -0.25) is 9.59 Å². The molecule has 0 bridgehead atoms. The van der Waals surface area contributed by atoms with E-state index in [1.165, 1.54) is 6.92 Å². The van der Waals surface area contributed by atoms with Gasteiger partial charge in [-0.25, -0.2) is 0 Å². The van der Waals surface area contributed by atoms with Crippen molar-refractivity contribution in [3.8, 4) is 0 Å². The standard InChI is InChI=1S/C16H24N2O2/c1-4-5-11-17-16(20)10-12-18(14(3)19)15-9-7-6-8-13(15)2/h6-9H,4-5,10-12H2,1-3H3,(H,17,20). The molecule has 1 aromatic carbocycles. The van der Waals surface area contributed by atoms with Crippen LogP contribution in [0.25, 0.3) is 0 Å². The predicted octanol–water partition coefficient (Wildman–Crippen LogP) is 2.65. The first-order valence-electron chi connectivity index (χ1n) is 7.16. The molecular formula is C16H24N2O2.